The first-order valence-electron chi connectivity index (χ1n) is 10.5. The van der Waals surface area contributed by atoms with Crippen LogP contribution >= 0.6 is 11.6 Å². The lowest BCUT2D eigenvalue weighted by molar-refractivity contribution is -0.137. The zero-order valence-electron chi connectivity index (χ0n) is 18.5. The van der Waals surface area contributed by atoms with Gasteiger partial charge in [-0.15, -0.1) is 0 Å². The van der Waals surface area contributed by atoms with Gasteiger partial charge in [0.05, 0.1) is 22.2 Å². The van der Waals surface area contributed by atoms with Crippen molar-refractivity contribution in [2.75, 3.05) is 14.1 Å². The van der Waals surface area contributed by atoms with E-state index in [0.29, 0.717) is 6.42 Å². The topological polar surface area (TPSA) is 45.2 Å². The Kier molecular flexibility index (Phi) is 7.76. The molecule has 8 heteroatoms. The molecule has 0 aliphatic carbocycles. The average Bonchev–Trinajstić information content (AvgIpc) is 2.78. The molecule has 1 N–H and O–H groups in total. The molecule has 0 spiro atoms. The van der Waals surface area contributed by atoms with Crippen LogP contribution in [0, 0.1) is 0 Å². The third-order valence-electron chi connectivity index (χ3n) is 5.54. The second-order valence-electron chi connectivity index (χ2n) is 7.92. The third kappa shape index (κ3) is 5.72. The number of hydrogen-bond donors (Lipinski definition) is 1. The first-order valence-corrected chi connectivity index (χ1v) is 10.8. The molecule has 2 aromatic carbocycles. The molecule has 3 rings (SSSR count). The Morgan fingerprint density at radius 2 is 1.79 bits per heavy atom. The second-order valence-corrected chi connectivity index (χ2v) is 8.30. The number of carbonyl (C=O) groups is 1. The van der Waals surface area contributed by atoms with Crippen LogP contribution < -0.4 is 5.32 Å². The van der Waals surface area contributed by atoms with Crippen molar-refractivity contribution in [3.63, 3.8) is 0 Å². The van der Waals surface area contributed by atoms with Gasteiger partial charge in [-0.25, -0.2) is 0 Å². The fraction of sp³-hybridized carbons (Fsp3) is 0.280. The SMILES string of the molecule is CC[C@@H]([C@@H](NC(=O)c1cccc(C(F)(F)F)c1Cl)c1cccc(-c2cccnc2)c1)N(C)C. The van der Waals surface area contributed by atoms with Crippen LogP contribution in [0.5, 0.6) is 0 Å². The summed E-state index contributed by atoms with van der Waals surface area (Å²) in [5.41, 5.74) is 1.42. The van der Waals surface area contributed by atoms with Crippen LogP contribution in [-0.4, -0.2) is 35.9 Å². The quantitative estimate of drug-likeness (QED) is 0.440. The Morgan fingerprint density at radius 1 is 1.09 bits per heavy atom. The molecule has 4 nitrogen and oxygen atoms in total. The number of likely N-dealkylation sites (N-methyl/N-ethyl adjacent to an activating group) is 1. The number of amides is 1. The fourth-order valence-corrected chi connectivity index (χ4v) is 4.21. The normalized spacial score (nSPS) is 13.6. The third-order valence-corrected chi connectivity index (χ3v) is 5.95. The van der Waals surface area contributed by atoms with E-state index in [1.165, 1.54) is 12.1 Å². The number of carbonyl (C=O) groups excluding carboxylic acids is 1. The molecule has 0 saturated heterocycles. The maximum atomic E-state index is 13.3. The maximum Gasteiger partial charge on any atom is 0.417 e. The molecule has 0 fully saturated rings. The predicted molar refractivity (Wildman–Crippen MR) is 124 cm³/mol. The summed E-state index contributed by atoms with van der Waals surface area (Å²) in [6, 6.07) is 14.2. The largest absolute Gasteiger partial charge is 0.417 e. The van der Waals surface area contributed by atoms with E-state index in [-0.39, 0.29) is 11.6 Å². The van der Waals surface area contributed by atoms with Gasteiger partial charge in [-0.1, -0.05) is 48.9 Å². The van der Waals surface area contributed by atoms with E-state index in [4.69, 9.17) is 11.6 Å². The van der Waals surface area contributed by atoms with Crippen LogP contribution in [0.1, 0.15) is 40.9 Å². The first-order chi connectivity index (χ1) is 15.6. The maximum absolute atomic E-state index is 13.3. The molecule has 1 amide bonds. The lowest BCUT2D eigenvalue weighted by Crippen LogP contribution is -2.43. The molecule has 0 saturated carbocycles. The van der Waals surface area contributed by atoms with Crippen LogP contribution in [0.3, 0.4) is 0 Å². The molecule has 3 aromatic rings. The summed E-state index contributed by atoms with van der Waals surface area (Å²) in [5, 5.41) is 2.32. The summed E-state index contributed by atoms with van der Waals surface area (Å²) in [4.78, 5) is 19.3. The summed E-state index contributed by atoms with van der Waals surface area (Å²) in [6.07, 6.45) is -0.515. The smallest absolute Gasteiger partial charge is 0.344 e. The number of halogens is 4. The molecule has 0 radical (unpaired) electrons. The Bertz CT molecular complexity index is 1100. The average molecular weight is 476 g/mol. The Hall–Kier alpha value is -2.90. The minimum absolute atomic E-state index is 0.109. The Balaban J connectivity index is 2.01. The zero-order valence-corrected chi connectivity index (χ0v) is 19.3. The minimum Gasteiger partial charge on any atom is -0.344 e. The van der Waals surface area contributed by atoms with Crippen molar-refractivity contribution in [1.82, 2.24) is 15.2 Å². The molecule has 2 atom stereocenters. The second kappa shape index (κ2) is 10.4. The summed E-state index contributed by atoms with van der Waals surface area (Å²) >= 11 is 6.00. The van der Waals surface area contributed by atoms with Gasteiger partial charge in [-0.05, 0) is 61.5 Å². The highest BCUT2D eigenvalue weighted by Crippen LogP contribution is 2.36. The van der Waals surface area contributed by atoms with Gasteiger partial charge in [0.2, 0.25) is 0 Å². The van der Waals surface area contributed by atoms with Gasteiger partial charge >= 0.3 is 6.18 Å². The van der Waals surface area contributed by atoms with Crippen LogP contribution in [0.15, 0.2) is 67.0 Å². The lowest BCUT2D eigenvalue weighted by Gasteiger charge is -2.33. The van der Waals surface area contributed by atoms with Gasteiger partial charge in [0.15, 0.2) is 0 Å². The number of nitrogens with one attached hydrogen (secondary N) is 1. The van der Waals surface area contributed by atoms with Crippen molar-refractivity contribution in [2.45, 2.75) is 31.6 Å². The number of nitrogens with zero attached hydrogens (tertiary/aromatic N) is 2. The van der Waals surface area contributed by atoms with Crippen molar-refractivity contribution in [1.29, 1.82) is 0 Å². The van der Waals surface area contributed by atoms with Crippen LogP contribution in [-0.2, 0) is 6.18 Å². The molecule has 0 aliphatic rings. The molecular weight excluding hydrogens is 451 g/mol. The number of pyridine rings is 1. The highest BCUT2D eigenvalue weighted by atomic mass is 35.5. The summed E-state index contributed by atoms with van der Waals surface area (Å²) in [5.74, 6) is -0.664. The van der Waals surface area contributed by atoms with Gasteiger partial charge in [0.25, 0.3) is 5.91 Å². The minimum atomic E-state index is -4.65. The van der Waals surface area contributed by atoms with E-state index >= 15 is 0 Å². The van der Waals surface area contributed by atoms with Gasteiger partial charge in [0.1, 0.15) is 0 Å². The predicted octanol–water partition coefficient (Wildman–Crippen LogP) is 6.23. The molecule has 1 heterocycles. The number of hydrogen-bond acceptors (Lipinski definition) is 3. The van der Waals surface area contributed by atoms with Crippen molar-refractivity contribution in [3.05, 3.63) is 88.7 Å². The van der Waals surface area contributed by atoms with Crippen molar-refractivity contribution >= 4 is 17.5 Å². The number of aromatic nitrogens is 1. The van der Waals surface area contributed by atoms with E-state index in [1.807, 2.05) is 62.3 Å². The van der Waals surface area contributed by atoms with Crippen LogP contribution in [0.4, 0.5) is 13.2 Å². The monoisotopic (exact) mass is 475 g/mol. The highest BCUT2D eigenvalue weighted by Gasteiger charge is 2.35. The summed E-state index contributed by atoms with van der Waals surface area (Å²) in [7, 11) is 3.80. The molecular formula is C25H25ClF3N3O. The number of alkyl halides is 3. The fourth-order valence-electron chi connectivity index (χ4n) is 3.89. The molecule has 1 aromatic heterocycles. The number of rotatable bonds is 7. The van der Waals surface area contributed by atoms with E-state index in [9.17, 15) is 18.0 Å². The van der Waals surface area contributed by atoms with E-state index in [1.54, 1.807) is 12.4 Å². The van der Waals surface area contributed by atoms with E-state index < -0.39 is 28.7 Å². The van der Waals surface area contributed by atoms with Crippen molar-refractivity contribution < 1.29 is 18.0 Å². The highest BCUT2D eigenvalue weighted by molar-refractivity contribution is 6.34. The zero-order chi connectivity index (χ0) is 24.2. The lowest BCUT2D eigenvalue weighted by atomic mass is 9.93. The van der Waals surface area contributed by atoms with Crippen LogP contribution in [0.25, 0.3) is 11.1 Å². The molecule has 0 aliphatic heterocycles. The summed E-state index contributed by atoms with van der Waals surface area (Å²) < 4.78 is 39.9. The standard InChI is InChI=1S/C25H25ClF3N3O/c1-4-21(32(2)3)23(17-9-5-8-16(14-17)18-10-7-13-30-15-18)31-24(33)19-11-6-12-20(22(19)26)25(27,28)29/h5-15,21,23H,4H2,1-3H3,(H,31,33)/t21-,23-/m0/s1. The first kappa shape index (κ1) is 24.7. The van der Waals surface area contributed by atoms with Gasteiger partial charge in [0, 0.05) is 18.4 Å². The molecule has 33 heavy (non-hydrogen) atoms. The number of benzene rings is 2. The van der Waals surface area contributed by atoms with Gasteiger partial charge in [-0.2, -0.15) is 13.2 Å². The van der Waals surface area contributed by atoms with E-state index in [2.05, 4.69) is 10.3 Å². The van der Waals surface area contributed by atoms with Gasteiger partial charge in [-0.3, -0.25) is 9.78 Å². The van der Waals surface area contributed by atoms with Crippen LogP contribution in [0.2, 0.25) is 5.02 Å². The molecule has 0 bridgehead atoms. The van der Waals surface area contributed by atoms with E-state index in [0.717, 1.165) is 22.8 Å². The molecule has 174 valence electrons. The molecule has 0 unspecified atom stereocenters. The van der Waals surface area contributed by atoms with Crippen molar-refractivity contribution in [3.8, 4) is 11.1 Å². The van der Waals surface area contributed by atoms with Gasteiger partial charge < -0.3 is 10.2 Å². The Morgan fingerprint density at radius 3 is 2.39 bits per heavy atom. The van der Waals surface area contributed by atoms with Crippen molar-refractivity contribution in [2.24, 2.45) is 0 Å². The summed E-state index contributed by atoms with van der Waals surface area (Å²) in [6.45, 7) is 1.99. The Labute approximate surface area is 196 Å².